The molecule has 5 heteroatoms. The molecule has 4 nitrogen and oxygen atoms in total. The van der Waals surface area contributed by atoms with Gasteiger partial charge in [-0.25, -0.2) is 0 Å². The van der Waals surface area contributed by atoms with E-state index in [4.69, 9.17) is 17.3 Å². The molecule has 0 heterocycles. The van der Waals surface area contributed by atoms with Crippen molar-refractivity contribution in [1.29, 1.82) is 0 Å². The molecule has 2 rings (SSSR count). The van der Waals surface area contributed by atoms with Crippen LogP contribution in [0.5, 0.6) is 0 Å². The van der Waals surface area contributed by atoms with Crippen molar-refractivity contribution in [2.45, 2.75) is 64.8 Å². The fraction of sp³-hybridized carbons (Fsp3) is 0.500. The number of allylic oxidation sites excluding steroid dienone is 1. The Hall–Kier alpha value is -1.94. The minimum absolute atomic E-state index is 0.225. The monoisotopic (exact) mass is 389 g/mol. The summed E-state index contributed by atoms with van der Waals surface area (Å²) in [5, 5.41) is 6.93. The number of hydrogen-bond acceptors (Lipinski definition) is 3. The van der Waals surface area contributed by atoms with Crippen LogP contribution < -0.4 is 16.4 Å². The maximum atomic E-state index is 12.2. The molecular weight excluding hydrogens is 358 g/mol. The van der Waals surface area contributed by atoms with Crippen LogP contribution in [0.4, 0.5) is 0 Å². The third-order valence-corrected chi connectivity index (χ3v) is 5.25. The van der Waals surface area contributed by atoms with Crippen molar-refractivity contribution < 1.29 is 4.79 Å². The van der Waals surface area contributed by atoms with Crippen LogP contribution >= 0.6 is 11.6 Å². The Balaban J connectivity index is 1.87. The highest BCUT2D eigenvalue weighted by atomic mass is 35.5. The Morgan fingerprint density at radius 3 is 2.74 bits per heavy atom. The number of nitrogens with one attached hydrogen (secondary N) is 2. The lowest BCUT2D eigenvalue weighted by Crippen LogP contribution is -2.33. The highest BCUT2D eigenvalue weighted by Crippen LogP contribution is 2.25. The highest BCUT2D eigenvalue weighted by molar-refractivity contribution is 6.30. The fourth-order valence-electron chi connectivity index (χ4n) is 3.49. The number of amides is 1. The molecule has 27 heavy (non-hydrogen) atoms. The second-order valence-corrected chi connectivity index (χ2v) is 7.64. The number of nitrogens with two attached hydrogens (primary N) is 1. The van der Waals surface area contributed by atoms with E-state index in [2.05, 4.69) is 30.6 Å². The van der Waals surface area contributed by atoms with Gasteiger partial charge in [-0.1, -0.05) is 49.9 Å². The van der Waals surface area contributed by atoms with Gasteiger partial charge in [-0.15, -0.1) is 0 Å². The summed E-state index contributed by atoms with van der Waals surface area (Å²) in [5.41, 5.74) is 9.67. The van der Waals surface area contributed by atoms with E-state index >= 15 is 0 Å². The van der Waals surface area contributed by atoms with Gasteiger partial charge in [0.15, 0.2) is 0 Å². The van der Waals surface area contributed by atoms with E-state index in [1.807, 2.05) is 18.2 Å². The van der Waals surface area contributed by atoms with E-state index in [0.29, 0.717) is 12.6 Å². The van der Waals surface area contributed by atoms with Gasteiger partial charge in [0.05, 0.1) is 0 Å². The zero-order chi connectivity index (χ0) is 19.6. The molecule has 0 aliphatic heterocycles. The molecule has 4 N–H and O–H groups in total. The van der Waals surface area contributed by atoms with Crippen molar-refractivity contribution in [3.8, 4) is 0 Å². The molecule has 1 aromatic rings. The first-order valence-corrected chi connectivity index (χ1v) is 10.3. The first-order chi connectivity index (χ1) is 13.0. The average Bonchev–Trinajstić information content (AvgIpc) is 2.68. The Morgan fingerprint density at radius 1 is 1.30 bits per heavy atom. The Labute approximate surface area is 168 Å². The maximum Gasteiger partial charge on any atom is 0.268 e. The van der Waals surface area contributed by atoms with Crippen LogP contribution in [-0.2, 0) is 4.79 Å². The van der Waals surface area contributed by atoms with Gasteiger partial charge in [0, 0.05) is 23.8 Å². The lowest BCUT2D eigenvalue weighted by Gasteiger charge is -2.22. The smallest absolute Gasteiger partial charge is 0.268 e. The molecule has 0 saturated heterocycles. The van der Waals surface area contributed by atoms with Crippen molar-refractivity contribution in [3.05, 3.63) is 52.3 Å². The molecule has 148 valence electrons. The summed E-state index contributed by atoms with van der Waals surface area (Å²) in [4.78, 5) is 12.2. The number of hydrogen-bond donors (Lipinski definition) is 3. The maximum absolute atomic E-state index is 12.2. The van der Waals surface area contributed by atoms with Gasteiger partial charge >= 0.3 is 0 Å². The Bertz CT molecular complexity index is 691. The van der Waals surface area contributed by atoms with Gasteiger partial charge in [0.2, 0.25) is 0 Å². The lowest BCUT2D eigenvalue weighted by atomic mass is 9.96. The number of rotatable bonds is 8. The van der Waals surface area contributed by atoms with E-state index in [0.717, 1.165) is 36.3 Å². The summed E-state index contributed by atoms with van der Waals surface area (Å²) in [5.74, 6) is -0.225. The van der Waals surface area contributed by atoms with Gasteiger partial charge in [0.1, 0.15) is 5.70 Å². The van der Waals surface area contributed by atoms with Gasteiger partial charge < -0.3 is 16.4 Å². The highest BCUT2D eigenvalue weighted by Gasteiger charge is 2.13. The van der Waals surface area contributed by atoms with Gasteiger partial charge in [-0.3, -0.25) is 4.79 Å². The fourth-order valence-corrected chi connectivity index (χ4v) is 3.66. The largest absolute Gasteiger partial charge is 0.393 e. The van der Waals surface area contributed by atoms with Crippen molar-refractivity contribution in [1.82, 2.24) is 10.6 Å². The topological polar surface area (TPSA) is 67.2 Å². The van der Waals surface area contributed by atoms with E-state index < -0.39 is 0 Å². The third kappa shape index (κ3) is 6.94. The molecule has 0 atom stereocenters. The van der Waals surface area contributed by atoms with Crippen molar-refractivity contribution in [2.75, 3.05) is 6.54 Å². The minimum Gasteiger partial charge on any atom is -0.393 e. The second-order valence-electron chi connectivity index (χ2n) is 7.20. The Morgan fingerprint density at radius 2 is 2.04 bits per heavy atom. The molecule has 1 fully saturated rings. The van der Waals surface area contributed by atoms with Gasteiger partial charge in [-0.05, 0) is 61.4 Å². The Kier molecular flexibility index (Phi) is 8.73. The summed E-state index contributed by atoms with van der Waals surface area (Å²) in [7, 11) is 0. The zero-order valence-corrected chi connectivity index (χ0v) is 17.2. The number of halogens is 1. The molecule has 1 aliphatic rings. The predicted octanol–water partition coefficient (Wildman–Crippen LogP) is 4.67. The van der Waals surface area contributed by atoms with Gasteiger partial charge in [-0.2, -0.15) is 0 Å². The summed E-state index contributed by atoms with van der Waals surface area (Å²) >= 11 is 6.16. The first kappa shape index (κ1) is 21.4. The number of benzene rings is 1. The first-order valence-electron chi connectivity index (χ1n) is 9.96. The predicted molar refractivity (Wildman–Crippen MR) is 114 cm³/mol. The van der Waals surface area contributed by atoms with Crippen LogP contribution in [0.1, 0.15) is 63.0 Å². The second kappa shape index (κ2) is 11.0. The summed E-state index contributed by atoms with van der Waals surface area (Å²) in [6, 6.07) is 6.35. The van der Waals surface area contributed by atoms with Crippen molar-refractivity contribution >= 4 is 23.1 Å². The summed E-state index contributed by atoms with van der Waals surface area (Å²) in [6.45, 7) is 4.72. The molecule has 0 bridgehead atoms. The van der Waals surface area contributed by atoms with E-state index in [1.54, 1.807) is 6.20 Å². The molecule has 0 spiro atoms. The zero-order valence-electron chi connectivity index (χ0n) is 16.5. The van der Waals surface area contributed by atoms with E-state index in [9.17, 15) is 4.79 Å². The van der Waals surface area contributed by atoms with E-state index in [1.165, 1.54) is 30.4 Å². The molecular formula is C22H32ClN3O. The number of carbonyl (C=O) groups is 1. The van der Waals surface area contributed by atoms with Gasteiger partial charge in [0.25, 0.3) is 5.91 Å². The van der Waals surface area contributed by atoms with Crippen LogP contribution in [0.2, 0.25) is 5.02 Å². The third-order valence-electron chi connectivity index (χ3n) is 5.02. The SMILES string of the molecule is CC/C=C(/CCNC(=O)/C(N)=C/NC1CCCCC1)c1cc(Cl)ccc1C. The minimum atomic E-state index is -0.225. The van der Waals surface area contributed by atoms with Crippen LogP contribution in [0.15, 0.2) is 36.2 Å². The molecule has 0 radical (unpaired) electrons. The van der Waals surface area contributed by atoms with E-state index in [-0.39, 0.29) is 11.6 Å². The lowest BCUT2D eigenvalue weighted by molar-refractivity contribution is -0.117. The average molecular weight is 390 g/mol. The molecule has 0 unspecified atom stereocenters. The van der Waals surface area contributed by atoms with Crippen LogP contribution in [0, 0.1) is 6.92 Å². The van der Waals surface area contributed by atoms with Crippen LogP contribution in [0.3, 0.4) is 0 Å². The van der Waals surface area contributed by atoms with Crippen molar-refractivity contribution in [3.63, 3.8) is 0 Å². The quantitative estimate of drug-likeness (QED) is 0.566. The van der Waals surface area contributed by atoms with Crippen molar-refractivity contribution in [2.24, 2.45) is 5.73 Å². The number of carbonyl (C=O) groups excluding carboxylic acids is 1. The molecule has 1 aliphatic carbocycles. The molecule has 1 aromatic carbocycles. The standard InChI is InChI=1S/C22H32ClN3O/c1-3-7-17(20-14-18(23)11-10-16(20)2)12-13-25-22(27)21(24)15-26-19-8-5-4-6-9-19/h7,10-11,14-15,19,26H,3-6,8-9,12-13,24H2,1-2H3,(H,25,27)/b17-7-,21-15-. The number of aryl methyl sites for hydroxylation is 1. The van der Waals surface area contributed by atoms with Crippen LogP contribution in [0.25, 0.3) is 5.57 Å². The molecule has 1 saturated carbocycles. The normalized spacial score (nSPS) is 16.3. The van der Waals surface area contributed by atoms with Crippen LogP contribution in [-0.4, -0.2) is 18.5 Å². The summed E-state index contributed by atoms with van der Waals surface area (Å²) in [6.07, 6.45) is 11.6. The molecule has 1 amide bonds. The summed E-state index contributed by atoms with van der Waals surface area (Å²) < 4.78 is 0. The molecule has 0 aromatic heterocycles.